The van der Waals surface area contributed by atoms with Crippen LogP contribution in [-0.4, -0.2) is 50.4 Å². The molecule has 1 aliphatic rings. The summed E-state index contributed by atoms with van der Waals surface area (Å²) in [6, 6.07) is 9.88. The molecule has 104 valence electrons. The second-order valence-electron chi connectivity index (χ2n) is 4.59. The lowest BCUT2D eigenvalue weighted by atomic mass is 10.2. The summed E-state index contributed by atoms with van der Waals surface area (Å²) in [6.07, 6.45) is -0.258. The molecule has 5 heteroatoms. The SMILES string of the molecule is COC[C@H]1CN(C(=O)OCc2ccccc2)CCN1. The van der Waals surface area contributed by atoms with Crippen molar-refractivity contribution >= 4 is 6.09 Å². The maximum absolute atomic E-state index is 12.0. The minimum atomic E-state index is -0.258. The van der Waals surface area contributed by atoms with Gasteiger partial charge in [0.25, 0.3) is 0 Å². The summed E-state index contributed by atoms with van der Waals surface area (Å²) in [5.41, 5.74) is 0.999. The van der Waals surface area contributed by atoms with E-state index in [1.807, 2.05) is 30.3 Å². The number of hydrogen-bond acceptors (Lipinski definition) is 4. The Labute approximate surface area is 113 Å². The van der Waals surface area contributed by atoms with Gasteiger partial charge >= 0.3 is 6.09 Å². The van der Waals surface area contributed by atoms with E-state index in [1.165, 1.54) is 0 Å². The number of ether oxygens (including phenoxy) is 2. The first-order valence-corrected chi connectivity index (χ1v) is 6.47. The monoisotopic (exact) mass is 264 g/mol. The number of carbonyl (C=O) groups is 1. The van der Waals surface area contributed by atoms with Crippen molar-refractivity contribution < 1.29 is 14.3 Å². The highest BCUT2D eigenvalue weighted by Gasteiger charge is 2.23. The Bertz CT molecular complexity index is 395. The van der Waals surface area contributed by atoms with Gasteiger partial charge in [0.05, 0.1) is 6.61 Å². The van der Waals surface area contributed by atoms with E-state index in [1.54, 1.807) is 12.0 Å². The van der Waals surface area contributed by atoms with Crippen LogP contribution < -0.4 is 5.32 Å². The first-order chi connectivity index (χ1) is 9.29. The first kappa shape index (κ1) is 13.8. The van der Waals surface area contributed by atoms with Gasteiger partial charge in [0.2, 0.25) is 0 Å². The lowest BCUT2D eigenvalue weighted by Gasteiger charge is -2.32. The average molecular weight is 264 g/mol. The number of nitrogens with one attached hydrogen (secondary N) is 1. The Kier molecular flexibility index (Phi) is 5.18. The van der Waals surface area contributed by atoms with Crippen LogP contribution in [0, 0.1) is 0 Å². The van der Waals surface area contributed by atoms with Crippen molar-refractivity contribution in [1.29, 1.82) is 0 Å². The van der Waals surface area contributed by atoms with Crippen molar-refractivity contribution in [2.75, 3.05) is 33.4 Å². The zero-order valence-corrected chi connectivity index (χ0v) is 11.2. The van der Waals surface area contributed by atoms with E-state index in [-0.39, 0.29) is 12.1 Å². The largest absolute Gasteiger partial charge is 0.445 e. The third kappa shape index (κ3) is 4.22. The van der Waals surface area contributed by atoms with Crippen LogP contribution in [0.1, 0.15) is 5.56 Å². The van der Waals surface area contributed by atoms with Gasteiger partial charge in [-0.3, -0.25) is 0 Å². The molecule has 0 saturated carbocycles. The molecule has 0 bridgehead atoms. The molecule has 1 aromatic rings. The molecule has 1 heterocycles. The summed E-state index contributed by atoms with van der Waals surface area (Å²) in [5, 5.41) is 3.30. The van der Waals surface area contributed by atoms with Crippen LogP contribution in [0.25, 0.3) is 0 Å². The molecular formula is C14H20N2O3. The predicted octanol–water partition coefficient (Wildman–Crippen LogP) is 1.24. The number of benzene rings is 1. The molecule has 0 unspecified atom stereocenters. The Morgan fingerprint density at radius 3 is 2.95 bits per heavy atom. The molecule has 5 nitrogen and oxygen atoms in total. The minimum absolute atomic E-state index is 0.183. The van der Waals surface area contributed by atoms with Crippen LogP contribution in [0.3, 0.4) is 0 Å². The summed E-state index contributed by atoms with van der Waals surface area (Å²) in [5.74, 6) is 0. The summed E-state index contributed by atoms with van der Waals surface area (Å²) < 4.78 is 10.4. The van der Waals surface area contributed by atoms with Crippen molar-refractivity contribution in [1.82, 2.24) is 10.2 Å². The molecule has 1 fully saturated rings. The molecule has 0 aliphatic carbocycles. The Morgan fingerprint density at radius 2 is 2.21 bits per heavy atom. The van der Waals surface area contributed by atoms with E-state index in [0.717, 1.165) is 12.1 Å². The number of methoxy groups -OCH3 is 1. The van der Waals surface area contributed by atoms with Gasteiger partial charge in [-0.1, -0.05) is 30.3 Å². The van der Waals surface area contributed by atoms with Crippen molar-refractivity contribution in [3.8, 4) is 0 Å². The van der Waals surface area contributed by atoms with E-state index in [4.69, 9.17) is 9.47 Å². The Hall–Kier alpha value is -1.59. The summed E-state index contributed by atoms with van der Waals surface area (Å²) in [7, 11) is 1.66. The van der Waals surface area contributed by atoms with Crippen LogP contribution in [0.15, 0.2) is 30.3 Å². The zero-order chi connectivity index (χ0) is 13.5. The van der Waals surface area contributed by atoms with Crippen LogP contribution in [0.5, 0.6) is 0 Å². The van der Waals surface area contributed by atoms with Gasteiger partial charge in [-0.05, 0) is 5.56 Å². The molecule has 0 aromatic heterocycles. The van der Waals surface area contributed by atoms with Crippen molar-refractivity contribution in [3.63, 3.8) is 0 Å². The van der Waals surface area contributed by atoms with E-state index in [2.05, 4.69) is 5.32 Å². The van der Waals surface area contributed by atoms with Crippen LogP contribution in [0.2, 0.25) is 0 Å². The van der Waals surface area contributed by atoms with Gasteiger partial charge in [-0.25, -0.2) is 4.79 Å². The standard InChI is InChI=1S/C14H20N2O3/c1-18-11-13-9-16(8-7-15-13)14(17)19-10-12-5-3-2-4-6-12/h2-6,13,15H,7-11H2,1H3/t13-/m1/s1. The summed E-state index contributed by atoms with van der Waals surface area (Å²) in [6.45, 7) is 2.99. The molecule has 1 saturated heterocycles. The van der Waals surface area contributed by atoms with Gasteiger partial charge in [0, 0.05) is 32.8 Å². The van der Waals surface area contributed by atoms with Crippen molar-refractivity contribution in [3.05, 3.63) is 35.9 Å². The molecule has 0 radical (unpaired) electrons. The third-order valence-corrected chi connectivity index (χ3v) is 3.09. The van der Waals surface area contributed by atoms with Crippen molar-refractivity contribution in [2.45, 2.75) is 12.6 Å². The highest BCUT2D eigenvalue weighted by Crippen LogP contribution is 2.06. The predicted molar refractivity (Wildman–Crippen MR) is 71.9 cm³/mol. The maximum atomic E-state index is 12.0. The molecule has 1 aliphatic heterocycles. The first-order valence-electron chi connectivity index (χ1n) is 6.47. The number of piperazine rings is 1. The fourth-order valence-electron chi connectivity index (χ4n) is 2.11. The van der Waals surface area contributed by atoms with Crippen molar-refractivity contribution in [2.24, 2.45) is 0 Å². The number of amides is 1. The van der Waals surface area contributed by atoms with Gasteiger partial charge in [0.15, 0.2) is 0 Å². The normalized spacial score (nSPS) is 19.2. The van der Waals surface area contributed by atoms with E-state index >= 15 is 0 Å². The van der Waals surface area contributed by atoms with Crippen LogP contribution in [0.4, 0.5) is 4.79 Å². The van der Waals surface area contributed by atoms with E-state index in [0.29, 0.717) is 26.3 Å². The van der Waals surface area contributed by atoms with Crippen LogP contribution >= 0.6 is 0 Å². The molecule has 2 rings (SSSR count). The molecule has 19 heavy (non-hydrogen) atoms. The fourth-order valence-corrected chi connectivity index (χ4v) is 2.11. The van der Waals surface area contributed by atoms with Gasteiger partial charge in [-0.15, -0.1) is 0 Å². The van der Waals surface area contributed by atoms with E-state index in [9.17, 15) is 4.79 Å². The quantitative estimate of drug-likeness (QED) is 0.889. The average Bonchev–Trinajstić information content (AvgIpc) is 2.46. The fraction of sp³-hybridized carbons (Fsp3) is 0.500. The zero-order valence-electron chi connectivity index (χ0n) is 11.2. The third-order valence-electron chi connectivity index (χ3n) is 3.09. The maximum Gasteiger partial charge on any atom is 0.410 e. The topological polar surface area (TPSA) is 50.8 Å². The summed E-state index contributed by atoms with van der Waals surface area (Å²) in [4.78, 5) is 13.7. The Morgan fingerprint density at radius 1 is 1.42 bits per heavy atom. The second-order valence-corrected chi connectivity index (χ2v) is 4.59. The van der Waals surface area contributed by atoms with Gasteiger partial charge in [0.1, 0.15) is 6.61 Å². The number of nitrogens with zero attached hydrogens (tertiary/aromatic N) is 1. The highest BCUT2D eigenvalue weighted by atomic mass is 16.6. The van der Waals surface area contributed by atoms with Crippen LogP contribution in [-0.2, 0) is 16.1 Å². The molecule has 1 atom stereocenters. The molecule has 1 aromatic carbocycles. The lowest BCUT2D eigenvalue weighted by molar-refractivity contribution is 0.0720. The van der Waals surface area contributed by atoms with E-state index < -0.39 is 0 Å². The lowest BCUT2D eigenvalue weighted by Crippen LogP contribution is -2.54. The molecule has 1 N–H and O–H groups in total. The number of rotatable bonds is 4. The minimum Gasteiger partial charge on any atom is -0.445 e. The summed E-state index contributed by atoms with van der Waals surface area (Å²) >= 11 is 0. The van der Waals surface area contributed by atoms with Gasteiger partial charge < -0.3 is 19.7 Å². The highest BCUT2D eigenvalue weighted by molar-refractivity contribution is 5.67. The molecular weight excluding hydrogens is 244 g/mol. The Balaban J connectivity index is 1.79. The van der Waals surface area contributed by atoms with Gasteiger partial charge in [-0.2, -0.15) is 0 Å². The molecule has 0 spiro atoms. The molecule has 1 amide bonds. The number of carbonyl (C=O) groups excluding carboxylic acids is 1. The number of hydrogen-bond donors (Lipinski definition) is 1. The smallest absolute Gasteiger partial charge is 0.410 e. The second kappa shape index (κ2) is 7.11.